The topological polar surface area (TPSA) is 84.0 Å². The second-order valence-corrected chi connectivity index (χ2v) is 6.20. The maximum Gasteiger partial charge on any atom is 0.286 e. The van der Waals surface area contributed by atoms with Crippen molar-refractivity contribution in [2.75, 3.05) is 5.32 Å². The molecule has 0 unspecified atom stereocenters. The fourth-order valence-corrected chi connectivity index (χ4v) is 2.41. The molecule has 108 valence electrons. The molecule has 0 atom stereocenters. The van der Waals surface area contributed by atoms with E-state index in [-0.39, 0.29) is 21.3 Å². The van der Waals surface area contributed by atoms with Gasteiger partial charge >= 0.3 is 0 Å². The molecule has 3 rings (SSSR count). The van der Waals surface area contributed by atoms with Gasteiger partial charge in [0.1, 0.15) is 0 Å². The molecule has 2 aromatic rings. The van der Waals surface area contributed by atoms with Crippen molar-refractivity contribution in [3.8, 4) is 0 Å². The average Bonchev–Trinajstić information content (AvgIpc) is 3.17. The van der Waals surface area contributed by atoms with Crippen molar-refractivity contribution in [1.29, 1.82) is 0 Å². The molecule has 0 aliphatic heterocycles. The van der Waals surface area contributed by atoms with Crippen LogP contribution in [0.4, 0.5) is 5.69 Å². The van der Waals surface area contributed by atoms with Crippen molar-refractivity contribution in [3.63, 3.8) is 0 Å². The van der Waals surface area contributed by atoms with Gasteiger partial charge in [0.2, 0.25) is 9.47 Å². The lowest BCUT2D eigenvalue weighted by Crippen LogP contribution is -2.25. The van der Waals surface area contributed by atoms with E-state index >= 15 is 0 Å². The molecule has 8 heteroatoms. The summed E-state index contributed by atoms with van der Waals surface area (Å²) < 4.78 is 0.215. The third-order valence-corrected chi connectivity index (χ3v) is 3.93. The summed E-state index contributed by atoms with van der Waals surface area (Å²) >= 11 is 6.63. The Hall–Kier alpha value is -1.99. The van der Waals surface area contributed by atoms with E-state index in [9.17, 15) is 9.59 Å². The zero-order valence-corrected chi connectivity index (χ0v) is 12.4. The highest BCUT2D eigenvalue weighted by molar-refractivity contribution is 7.17. The second-order valence-electron chi connectivity index (χ2n) is 4.64. The fraction of sp³-hybridized carbons (Fsp3) is 0.231. The minimum absolute atomic E-state index is 0.0914. The number of aromatic nitrogens is 2. The van der Waals surface area contributed by atoms with E-state index in [1.54, 1.807) is 24.3 Å². The first-order valence-electron chi connectivity index (χ1n) is 6.33. The molecule has 1 heterocycles. The summed E-state index contributed by atoms with van der Waals surface area (Å²) in [5.41, 5.74) is 1.15. The van der Waals surface area contributed by atoms with E-state index in [0.717, 1.165) is 24.2 Å². The van der Waals surface area contributed by atoms with Gasteiger partial charge in [0, 0.05) is 17.3 Å². The monoisotopic (exact) mass is 322 g/mol. The minimum atomic E-state index is -0.380. The predicted molar refractivity (Wildman–Crippen MR) is 79.8 cm³/mol. The molecule has 1 fully saturated rings. The molecule has 21 heavy (non-hydrogen) atoms. The maximum atomic E-state index is 11.9. The van der Waals surface area contributed by atoms with E-state index in [4.69, 9.17) is 11.6 Å². The molecule has 1 saturated carbocycles. The van der Waals surface area contributed by atoms with Crippen LogP contribution in [-0.2, 0) is 0 Å². The number of nitrogens with one attached hydrogen (secondary N) is 2. The van der Waals surface area contributed by atoms with Gasteiger partial charge in [-0.25, -0.2) is 0 Å². The summed E-state index contributed by atoms with van der Waals surface area (Å²) in [5, 5.41) is 13.0. The first kappa shape index (κ1) is 14.0. The molecule has 6 nitrogen and oxygen atoms in total. The predicted octanol–water partition coefficient (Wildman–Crippen LogP) is 2.34. The Balaban J connectivity index is 1.63. The van der Waals surface area contributed by atoms with Gasteiger partial charge in [-0.2, -0.15) is 0 Å². The van der Waals surface area contributed by atoms with Crippen LogP contribution in [0.3, 0.4) is 0 Å². The molecule has 1 aromatic carbocycles. The Morgan fingerprint density at radius 2 is 1.86 bits per heavy atom. The van der Waals surface area contributed by atoms with Gasteiger partial charge in [-0.15, -0.1) is 10.2 Å². The summed E-state index contributed by atoms with van der Waals surface area (Å²) in [6.45, 7) is 0. The Bertz CT molecular complexity index is 682. The number of rotatable bonds is 4. The molecule has 0 bridgehead atoms. The molecule has 2 amide bonds. The van der Waals surface area contributed by atoms with E-state index in [1.807, 2.05) is 0 Å². The van der Waals surface area contributed by atoms with Crippen LogP contribution in [-0.4, -0.2) is 28.1 Å². The number of hydrogen-bond acceptors (Lipinski definition) is 5. The number of nitrogens with zero attached hydrogens (tertiary/aromatic N) is 2. The van der Waals surface area contributed by atoms with Crippen molar-refractivity contribution in [2.45, 2.75) is 18.9 Å². The lowest BCUT2D eigenvalue weighted by atomic mass is 10.2. The van der Waals surface area contributed by atoms with E-state index < -0.39 is 0 Å². The zero-order valence-electron chi connectivity index (χ0n) is 10.8. The van der Waals surface area contributed by atoms with Crippen LogP contribution in [0.1, 0.15) is 33.0 Å². The van der Waals surface area contributed by atoms with E-state index in [0.29, 0.717) is 17.3 Å². The fourth-order valence-electron chi connectivity index (χ4n) is 1.68. The minimum Gasteiger partial charge on any atom is -0.349 e. The van der Waals surface area contributed by atoms with Crippen LogP contribution in [0, 0.1) is 0 Å². The second kappa shape index (κ2) is 5.79. The van der Waals surface area contributed by atoms with E-state index in [1.165, 1.54) is 0 Å². The van der Waals surface area contributed by atoms with Gasteiger partial charge in [-0.1, -0.05) is 11.3 Å². The summed E-state index contributed by atoms with van der Waals surface area (Å²) in [4.78, 5) is 23.7. The first-order valence-corrected chi connectivity index (χ1v) is 7.52. The van der Waals surface area contributed by atoms with Gasteiger partial charge < -0.3 is 10.6 Å². The first-order chi connectivity index (χ1) is 10.1. The Labute approximate surface area is 129 Å². The highest BCUT2D eigenvalue weighted by atomic mass is 35.5. The van der Waals surface area contributed by atoms with Gasteiger partial charge in [0.15, 0.2) is 0 Å². The average molecular weight is 323 g/mol. The van der Waals surface area contributed by atoms with Crippen LogP contribution in [0.5, 0.6) is 0 Å². The van der Waals surface area contributed by atoms with Gasteiger partial charge in [-0.3, -0.25) is 9.59 Å². The summed E-state index contributed by atoms with van der Waals surface area (Å²) in [6.07, 6.45) is 2.09. The van der Waals surface area contributed by atoms with Crippen molar-refractivity contribution >= 4 is 40.4 Å². The summed E-state index contributed by atoms with van der Waals surface area (Å²) in [5.74, 6) is -0.471. The number of carbonyl (C=O) groups is 2. The number of hydrogen-bond donors (Lipinski definition) is 2. The van der Waals surface area contributed by atoms with Crippen LogP contribution < -0.4 is 10.6 Å². The lowest BCUT2D eigenvalue weighted by molar-refractivity contribution is 0.0950. The Morgan fingerprint density at radius 1 is 1.14 bits per heavy atom. The number of halogens is 1. The third kappa shape index (κ3) is 3.56. The van der Waals surface area contributed by atoms with E-state index in [2.05, 4.69) is 20.8 Å². The van der Waals surface area contributed by atoms with Crippen LogP contribution in [0.2, 0.25) is 4.47 Å². The zero-order chi connectivity index (χ0) is 14.8. The number of benzene rings is 1. The van der Waals surface area contributed by atoms with Gasteiger partial charge in [0.05, 0.1) is 0 Å². The number of carbonyl (C=O) groups excluding carboxylic acids is 2. The molecule has 0 radical (unpaired) electrons. The molecular formula is C13H11ClN4O2S. The highest BCUT2D eigenvalue weighted by Crippen LogP contribution is 2.20. The van der Waals surface area contributed by atoms with Crippen molar-refractivity contribution in [3.05, 3.63) is 39.3 Å². The molecule has 1 aliphatic rings. The molecule has 1 aliphatic carbocycles. The molecule has 1 aromatic heterocycles. The standard InChI is InChI=1S/C13H11ClN4O2S/c14-13-18-17-12(21-13)11(20)16-8-3-1-7(2-4-8)10(19)15-9-5-6-9/h1-4,9H,5-6H2,(H,15,19)(H,16,20). The summed E-state index contributed by atoms with van der Waals surface area (Å²) in [6, 6.07) is 6.99. The lowest BCUT2D eigenvalue weighted by Gasteiger charge is -2.05. The molecule has 2 N–H and O–H groups in total. The van der Waals surface area contributed by atoms with Crippen LogP contribution in [0.15, 0.2) is 24.3 Å². The number of anilines is 1. The third-order valence-electron chi connectivity index (χ3n) is 2.91. The van der Waals surface area contributed by atoms with Crippen molar-refractivity contribution in [2.24, 2.45) is 0 Å². The SMILES string of the molecule is O=C(NC1CC1)c1ccc(NC(=O)c2nnc(Cl)s2)cc1. The molecule has 0 saturated heterocycles. The molecule has 0 spiro atoms. The normalized spacial score (nSPS) is 13.8. The Morgan fingerprint density at radius 3 is 2.43 bits per heavy atom. The van der Waals surface area contributed by atoms with Crippen LogP contribution in [0.25, 0.3) is 0 Å². The number of amides is 2. The summed E-state index contributed by atoms with van der Waals surface area (Å²) in [7, 11) is 0. The van der Waals surface area contributed by atoms with Crippen molar-refractivity contribution in [1.82, 2.24) is 15.5 Å². The highest BCUT2D eigenvalue weighted by Gasteiger charge is 2.23. The van der Waals surface area contributed by atoms with Gasteiger partial charge in [-0.05, 0) is 48.7 Å². The van der Waals surface area contributed by atoms with Crippen LogP contribution >= 0.6 is 22.9 Å². The molecular weight excluding hydrogens is 312 g/mol. The smallest absolute Gasteiger partial charge is 0.286 e. The van der Waals surface area contributed by atoms with Crippen molar-refractivity contribution < 1.29 is 9.59 Å². The maximum absolute atomic E-state index is 11.9. The van der Waals surface area contributed by atoms with Gasteiger partial charge in [0.25, 0.3) is 11.8 Å². The Kier molecular flexibility index (Phi) is 3.85. The largest absolute Gasteiger partial charge is 0.349 e. The quantitative estimate of drug-likeness (QED) is 0.905.